The van der Waals surface area contributed by atoms with Crippen molar-refractivity contribution in [3.05, 3.63) is 65.2 Å². The fraction of sp³-hybridized carbons (Fsp3) is 0.350. The second-order valence-electron chi connectivity index (χ2n) is 6.52. The number of rotatable bonds is 4. The van der Waals surface area contributed by atoms with Crippen LogP contribution in [0.2, 0.25) is 0 Å². The molecular weight excluding hydrogens is 316 g/mol. The van der Waals surface area contributed by atoms with Crippen molar-refractivity contribution in [3.8, 4) is 5.75 Å². The number of hydrogen-bond acceptors (Lipinski definition) is 5. The Balaban J connectivity index is 1.40. The van der Waals surface area contributed by atoms with Gasteiger partial charge < -0.3 is 14.7 Å². The van der Waals surface area contributed by atoms with E-state index in [0.29, 0.717) is 6.61 Å². The van der Waals surface area contributed by atoms with Gasteiger partial charge in [0, 0.05) is 31.6 Å². The van der Waals surface area contributed by atoms with Gasteiger partial charge in [0.25, 0.3) is 0 Å². The molecule has 130 valence electrons. The summed E-state index contributed by atoms with van der Waals surface area (Å²) in [6.45, 7) is 3.16. The van der Waals surface area contributed by atoms with Crippen molar-refractivity contribution < 1.29 is 14.7 Å². The molecule has 0 saturated heterocycles. The van der Waals surface area contributed by atoms with E-state index in [0.717, 1.165) is 54.2 Å². The molecule has 0 fully saturated rings. The lowest BCUT2D eigenvalue weighted by molar-refractivity contribution is 0.0489. The quantitative estimate of drug-likeness (QED) is 0.931. The lowest BCUT2D eigenvalue weighted by Gasteiger charge is -2.22. The molecule has 5 heteroatoms. The summed E-state index contributed by atoms with van der Waals surface area (Å²) in [5, 5.41) is 13.6. The van der Waals surface area contributed by atoms with Gasteiger partial charge in [-0.25, -0.2) is 0 Å². The molecule has 2 aromatic carbocycles. The molecule has 25 heavy (non-hydrogen) atoms. The van der Waals surface area contributed by atoms with Crippen LogP contribution in [0.5, 0.6) is 5.75 Å². The summed E-state index contributed by atoms with van der Waals surface area (Å²) < 4.78 is 5.84. The number of aliphatic hydroxyl groups is 1. The predicted octanol–water partition coefficient (Wildman–Crippen LogP) is 2.57. The van der Waals surface area contributed by atoms with Crippen molar-refractivity contribution >= 4 is 5.71 Å². The molecule has 1 N–H and O–H groups in total. The maximum Gasteiger partial charge on any atom is 0.145 e. The van der Waals surface area contributed by atoms with E-state index in [-0.39, 0.29) is 12.7 Å². The van der Waals surface area contributed by atoms with Crippen LogP contribution in [0.3, 0.4) is 0 Å². The van der Waals surface area contributed by atoms with Crippen LogP contribution in [0, 0.1) is 0 Å². The summed E-state index contributed by atoms with van der Waals surface area (Å²) in [6.07, 6.45) is 0.892. The molecule has 0 unspecified atom stereocenters. The van der Waals surface area contributed by atoms with Crippen molar-refractivity contribution in [2.45, 2.75) is 25.7 Å². The Labute approximate surface area is 147 Å². The summed E-state index contributed by atoms with van der Waals surface area (Å²) in [5.74, 6) is 0.910. The standard InChI is InChI=1S/C20H22N2O3/c23-14-15-6-7-20-17(10-15)12-22(8-9-24-20)13-18-11-19(21-25-18)16-4-2-1-3-5-16/h1-7,10,18,23H,8-9,11-14H2/t18-/m1/s1. The Kier molecular flexibility index (Phi) is 4.68. The van der Waals surface area contributed by atoms with Crippen LogP contribution in [0.1, 0.15) is 23.1 Å². The average Bonchev–Trinajstić information content (AvgIpc) is 3.02. The highest BCUT2D eigenvalue weighted by Crippen LogP contribution is 2.26. The van der Waals surface area contributed by atoms with Crippen molar-refractivity contribution in [2.75, 3.05) is 19.7 Å². The van der Waals surface area contributed by atoms with Crippen LogP contribution in [-0.2, 0) is 18.0 Å². The van der Waals surface area contributed by atoms with E-state index in [1.165, 1.54) is 0 Å². The van der Waals surface area contributed by atoms with E-state index >= 15 is 0 Å². The SMILES string of the molecule is OCc1ccc2c(c1)CN(C[C@H]1CC(c3ccccc3)=NO1)CCO2. The summed E-state index contributed by atoms with van der Waals surface area (Å²) in [7, 11) is 0. The van der Waals surface area contributed by atoms with E-state index in [9.17, 15) is 5.11 Å². The third-order valence-electron chi connectivity index (χ3n) is 4.67. The number of fused-ring (bicyclic) bond motifs is 1. The zero-order chi connectivity index (χ0) is 17.1. The Bertz CT molecular complexity index is 761. The normalized spacial score (nSPS) is 20.2. The van der Waals surface area contributed by atoms with E-state index < -0.39 is 0 Å². The molecular formula is C20H22N2O3. The predicted molar refractivity (Wildman–Crippen MR) is 95.6 cm³/mol. The van der Waals surface area contributed by atoms with Gasteiger partial charge in [0.15, 0.2) is 0 Å². The smallest absolute Gasteiger partial charge is 0.145 e. The van der Waals surface area contributed by atoms with Crippen molar-refractivity contribution in [2.24, 2.45) is 5.16 Å². The molecule has 0 aromatic heterocycles. The van der Waals surface area contributed by atoms with Crippen molar-refractivity contribution in [1.82, 2.24) is 4.90 Å². The Morgan fingerprint density at radius 3 is 2.88 bits per heavy atom. The Hall–Kier alpha value is -2.37. The van der Waals surface area contributed by atoms with Gasteiger partial charge in [-0.3, -0.25) is 4.90 Å². The van der Waals surface area contributed by atoms with Gasteiger partial charge in [-0.1, -0.05) is 41.6 Å². The third-order valence-corrected chi connectivity index (χ3v) is 4.67. The maximum atomic E-state index is 9.35. The van der Waals surface area contributed by atoms with Crippen molar-refractivity contribution in [3.63, 3.8) is 0 Å². The molecule has 5 nitrogen and oxygen atoms in total. The molecule has 4 rings (SSSR count). The van der Waals surface area contributed by atoms with Gasteiger partial charge in [-0.05, 0) is 23.3 Å². The van der Waals surface area contributed by atoms with E-state index in [4.69, 9.17) is 9.57 Å². The number of oxime groups is 1. The summed E-state index contributed by atoms with van der Waals surface area (Å²) in [6, 6.07) is 16.1. The van der Waals surface area contributed by atoms with Crippen LogP contribution in [0.25, 0.3) is 0 Å². The largest absolute Gasteiger partial charge is 0.492 e. The van der Waals surface area contributed by atoms with Gasteiger partial charge in [0.1, 0.15) is 18.5 Å². The Morgan fingerprint density at radius 2 is 2.04 bits per heavy atom. The van der Waals surface area contributed by atoms with Gasteiger partial charge in [0.2, 0.25) is 0 Å². The number of ether oxygens (including phenoxy) is 1. The van der Waals surface area contributed by atoms with Gasteiger partial charge in [-0.15, -0.1) is 0 Å². The number of aliphatic hydroxyl groups excluding tert-OH is 1. The highest BCUT2D eigenvalue weighted by Gasteiger charge is 2.26. The van der Waals surface area contributed by atoms with Gasteiger partial charge in [-0.2, -0.15) is 0 Å². The first-order valence-corrected chi connectivity index (χ1v) is 8.68. The zero-order valence-electron chi connectivity index (χ0n) is 14.1. The van der Waals surface area contributed by atoms with Crippen LogP contribution in [0.15, 0.2) is 53.7 Å². The van der Waals surface area contributed by atoms with Gasteiger partial charge in [0.05, 0.1) is 12.3 Å². The number of hydrogen-bond donors (Lipinski definition) is 1. The summed E-state index contributed by atoms with van der Waals surface area (Å²) >= 11 is 0. The molecule has 2 aromatic rings. The fourth-order valence-electron chi connectivity index (χ4n) is 3.37. The fourth-order valence-corrected chi connectivity index (χ4v) is 3.37. The van der Waals surface area contributed by atoms with Crippen LogP contribution in [-0.4, -0.2) is 41.5 Å². The molecule has 0 bridgehead atoms. The molecule has 1 atom stereocenters. The molecule has 2 aliphatic rings. The highest BCUT2D eigenvalue weighted by molar-refractivity contribution is 6.01. The lowest BCUT2D eigenvalue weighted by atomic mass is 10.0. The minimum Gasteiger partial charge on any atom is -0.492 e. The molecule has 2 heterocycles. The average molecular weight is 338 g/mol. The Morgan fingerprint density at radius 1 is 1.16 bits per heavy atom. The highest BCUT2D eigenvalue weighted by atomic mass is 16.6. The molecule has 0 saturated carbocycles. The monoisotopic (exact) mass is 338 g/mol. The first-order chi connectivity index (χ1) is 12.3. The third kappa shape index (κ3) is 3.67. The van der Waals surface area contributed by atoms with Crippen molar-refractivity contribution in [1.29, 1.82) is 0 Å². The van der Waals surface area contributed by atoms with Gasteiger partial charge >= 0.3 is 0 Å². The molecule has 0 aliphatic carbocycles. The minimum atomic E-state index is 0.0489. The maximum absolute atomic E-state index is 9.35. The molecule has 0 amide bonds. The summed E-state index contributed by atoms with van der Waals surface area (Å²) in [5.41, 5.74) is 4.17. The van der Waals surface area contributed by atoms with Crippen LogP contribution in [0.4, 0.5) is 0 Å². The number of benzene rings is 2. The van der Waals surface area contributed by atoms with E-state index in [1.807, 2.05) is 36.4 Å². The second kappa shape index (κ2) is 7.25. The summed E-state index contributed by atoms with van der Waals surface area (Å²) in [4.78, 5) is 8.00. The van der Waals surface area contributed by atoms with E-state index in [1.54, 1.807) is 0 Å². The first kappa shape index (κ1) is 16.1. The first-order valence-electron chi connectivity index (χ1n) is 8.68. The number of nitrogens with zero attached hydrogens (tertiary/aromatic N) is 2. The lowest BCUT2D eigenvalue weighted by Crippen LogP contribution is -2.33. The minimum absolute atomic E-state index is 0.0489. The van der Waals surface area contributed by atoms with E-state index in [2.05, 4.69) is 22.2 Å². The van der Waals surface area contributed by atoms with Crippen LogP contribution < -0.4 is 4.74 Å². The molecule has 2 aliphatic heterocycles. The second-order valence-corrected chi connectivity index (χ2v) is 6.52. The topological polar surface area (TPSA) is 54.3 Å². The zero-order valence-corrected chi connectivity index (χ0v) is 14.1. The van der Waals surface area contributed by atoms with Crippen LogP contribution >= 0.6 is 0 Å². The molecule has 0 radical (unpaired) electrons. The molecule has 0 spiro atoms.